The van der Waals surface area contributed by atoms with Crippen molar-refractivity contribution in [2.75, 3.05) is 6.61 Å². The molecule has 4 nitrogen and oxygen atoms in total. The monoisotopic (exact) mass is 352 g/mol. The number of para-hydroxylation sites is 1. The van der Waals surface area contributed by atoms with Crippen molar-refractivity contribution in [1.82, 2.24) is 5.32 Å². The zero-order valence-corrected chi connectivity index (χ0v) is 14.9. The number of nitrogens with one attached hydrogen (secondary N) is 1. The lowest BCUT2D eigenvalue weighted by Crippen LogP contribution is -2.19. The summed E-state index contributed by atoms with van der Waals surface area (Å²) in [6, 6.07) is 17.3. The van der Waals surface area contributed by atoms with E-state index >= 15 is 0 Å². The van der Waals surface area contributed by atoms with Crippen molar-refractivity contribution in [2.24, 2.45) is 4.99 Å². The minimum absolute atomic E-state index is 0.122. The average molecular weight is 352 g/mol. The van der Waals surface area contributed by atoms with Crippen LogP contribution in [0, 0.1) is 0 Å². The molecular weight excluding hydrogens is 332 g/mol. The number of benzene rings is 2. The first-order valence-corrected chi connectivity index (χ1v) is 9.14. The molecule has 1 heterocycles. The number of aliphatic imine (C=N–C) groups is 1. The summed E-state index contributed by atoms with van der Waals surface area (Å²) in [5.41, 5.74) is 1.78. The van der Waals surface area contributed by atoms with E-state index in [0.717, 1.165) is 36.4 Å². The number of hydrogen-bond acceptors (Lipinski definition) is 4. The lowest BCUT2D eigenvalue weighted by atomic mass is 10.2. The molecule has 0 spiro atoms. The summed E-state index contributed by atoms with van der Waals surface area (Å²) in [5.74, 6) is 0.730. The van der Waals surface area contributed by atoms with Gasteiger partial charge in [0, 0.05) is 0 Å². The van der Waals surface area contributed by atoms with Crippen molar-refractivity contribution >= 4 is 34.6 Å². The maximum Gasteiger partial charge on any atom is 0.264 e. The lowest BCUT2D eigenvalue weighted by molar-refractivity contribution is -0.115. The summed E-state index contributed by atoms with van der Waals surface area (Å²) < 4.78 is 5.65. The largest absolute Gasteiger partial charge is 0.494 e. The van der Waals surface area contributed by atoms with Crippen LogP contribution < -0.4 is 10.1 Å². The van der Waals surface area contributed by atoms with Crippen molar-refractivity contribution in [3.05, 3.63) is 65.1 Å². The molecule has 25 heavy (non-hydrogen) atoms. The molecule has 0 saturated carbocycles. The Morgan fingerprint density at radius 2 is 1.88 bits per heavy atom. The van der Waals surface area contributed by atoms with Crippen LogP contribution in [0.25, 0.3) is 6.08 Å². The van der Waals surface area contributed by atoms with Crippen LogP contribution in [0.2, 0.25) is 0 Å². The van der Waals surface area contributed by atoms with Gasteiger partial charge in [0.1, 0.15) is 5.75 Å². The fraction of sp³-hybridized carbons (Fsp3) is 0.200. The summed E-state index contributed by atoms with van der Waals surface area (Å²) in [4.78, 5) is 17.2. The van der Waals surface area contributed by atoms with Crippen molar-refractivity contribution in [3.63, 3.8) is 0 Å². The van der Waals surface area contributed by atoms with Crippen molar-refractivity contribution in [3.8, 4) is 5.75 Å². The molecule has 0 radical (unpaired) electrons. The van der Waals surface area contributed by atoms with Gasteiger partial charge in [0.2, 0.25) is 0 Å². The molecule has 5 heteroatoms. The molecule has 0 aromatic heterocycles. The van der Waals surface area contributed by atoms with Gasteiger partial charge in [-0.25, -0.2) is 4.99 Å². The summed E-state index contributed by atoms with van der Waals surface area (Å²) >= 11 is 1.35. The molecule has 0 bridgehead atoms. The van der Waals surface area contributed by atoms with Gasteiger partial charge in [0.05, 0.1) is 17.2 Å². The quantitative estimate of drug-likeness (QED) is 0.602. The van der Waals surface area contributed by atoms with Crippen LogP contribution in [0.4, 0.5) is 5.69 Å². The fourth-order valence-corrected chi connectivity index (χ4v) is 3.09. The van der Waals surface area contributed by atoms with E-state index in [-0.39, 0.29) is 5.91 Å². The number of carbonyl (C=O) groups is 1. The Morgan fingerprint density at radius 3 is 2.60 bits per heavy atom. The Labute approximate surface area is 152 Å². The highest BCUT2D eigenvalue weighted by atomic mass is 32.2. The zero-order chi connectivity index (χ0) is 17.5. The van der Waals surface area contributed by atoms with Gasteiger partial charge < -0.3 is 10.1 Å². The Bertz CT molecular complexity index is 783. The first kappa shape index (κ1) is 17.3. The topological polar surface area (TPSA) is 50.7 Å². The number of amidine groups is 1. The van der Waals surface area contributed by atoms with Crippen LogP contribution in [0.5, 0.6) is 5.75 Å². The van der Waals surface area contributed by atoms with Crippen LogP contribution in [0.15, 0.2) is 64.5 Å². The van der Waals surface area contributed by atoms with E-state index in [0.29, 0.717) is 10.1 Å². The molecule has 2 aromatic carbocycles. The standard InChI is InChI=1S/C20H20N2O2S/c1-2-3-13-24-17-11-9-15(10-12-17)14-18-19(23)22-20(25-18)21-16-7-5-4-6-8-16/h4-12,14H,2-3,13H2,1H3,(H,21,22,23). The summed E-state index contributed by atoms with van der Waals surface area (Å²) in [7, 11) is 0. The first-order chi connectivity index (χ1) is 12.2. The molecule has 1 saturated heterocycles. The number of thioether (sulfide) groups is 1. The van der Waals surface area contributed by atoms with Crippen molar-refractivity contribution < 1.29 is 9.53 Å². The normalized spacial score (nSPS) is 17.1. The smallest absolute Gasteiger partial charge is 0.264 e. The third kappa shape index (κ3) is 4.97. The van der Waals surface area contributed by atoms with Gasteiger partial charge in [0.15, 0.2) is 5.17 Å². The maximum atomic E-state index is 12.1. The molecule has 1 aliphatic heterocycles. The zero-order valence-electron chi connectivity index (χ0n) is 14.1. The molecule has 0 unspecified atom stereocenters. The van der Waals surface area contributed by atoms with Gasteiger partial charge in [-0.2, -0.15) is 0 Å². The van der Waals surface area contributed by atoms with E-state index in [1.807, 2.05) is 60.7 Å². The van der Waals surface area contributed by atoms with E-state index in [1.165, 1.54) is 11.8 Å². The first-order valence-electron chi connectivity index (χ1n) is 8.32. The van der Waals surface area contributed by atoms with Crippen molar-refractivity contribution in [1.29, 1.82) is 0 Å². The molecule has 0 atom stereocenters. The van der Waals surface area contributed by atoms with Gasteiger partial charge in [-0.1, -0.05) is 43.7 Å². The second-order valence-electron chi connectivity index (χ2n) is 5.59. The third-order valence-electron chi connectivity index (χ3n) is 3.58. The molecule has 128 valence electrons. The Kier molecular flexibility index (Phi) is 5.90. The average Bonchev–Trinajstić information content (AvgIpc) is 2.96. The number of amides is 1. The van der Waals surface area contributed by atoms with E-state index in [2.05, 4.69) is 17.2 Å². The number of rotatable bonds is 6. The molecule has 1 amide bonds. The van der Waals surface area contributed by atoms with Crippen LogP contribution in [-0.4, -0.2) is 17.7 Å². The predicted octanol–water partition coefficient (Wildman–Crippen LogP) is 4.76. The Hall–Kier alpha value is -2.53. The van der Waals surface area contributed by atoms with Gasteiger partial charge in [-0.3, -0.25) is 4.79 Å². The highest BCUT2D eigenvalue weighted by Gasteiger charge is 2.23. The summed E-state index contributed by atoms with van der Waals surface area (Å²) in [6.45, 7) is 2.87. The number of carbonyl (C=O) groups excluding carboxylic acids is 1. The van der Waals surface area contributed by atoms with E-state index < -0.39 is 0 Å². The van der Waals surface area contributed by atoms with E-state index in [4.69, 9.17) is 4.74 Å². The van der Waals surface area contributed by atoms with Crippen molar-refractivity contribution in [2.45, 2.75) is 19.8 Å². The minimum Gasteiger partial charge on any atom is -0.494 e. The van der Waals surface area contributed by atoms with E-state index in [9.17, 15) is 4.79 Å². The van der Waals surface area contributed by atoms with Gasteiger partial charge in [-0.05, 0) is 54.1 Å². The number of ether oxygens (including phenoxy) is 1. The molecule has 1 fully saturated rings. The number of nitrogens with zero attached hydrogens (tertiary/aromatic N) is 1. The lowest BCUT2D eigenvalue weighted by Gasteiger charge is -2.05. The third-order valence-corrected chi connectivity index (χ3v) is 4.49. The van der Waals surface area contributed by atoms with Crippen LogP contribution in [-0.2, 0) is 4.79 Å². The number of unbranched alkanes of at least 4 members (excludes halogenated alkanes) is 1. The maximum absolute atomic E-state index is 12.1. The molecule has 1 N–H and O–H groups in total. The Balaban J connectivity index is 1.67. The second kappa shape index (κ2) is 8.53. The van der Waals surface area contributed by atoms with Crippen LogP contribution in [0.1, 0.15) is 25.3 Å². The van der Waals surface area contributed by atoms with Gasteiger partial charge in [-0.15, -0.1) is 0 Å². The molecular formula is C20H20N2O2S. The second-order valence-corrected chi connectivity index (χ2v) is 6.62. The van der Waals surface area contributed by atoms with Crippen LogP contribution >= 0.6 is 11.8 Å². The minimum atomic E-state index is -0.122. The predicted molar refractivity (Wildman–Crippen MR) is 104 cm³/mol. The van der Waals surface area contributed by atoms with Gasteiger partial charge >= 0.3 is 0 Å². The highest BCUT2D eigenvalue weighted by Crippen LogP contribution is 2.28. The van der Waals surface area contributed by atoms with Crippen LogP contribution in [0.3, 0.4) is 0 Å². The highest BCUT2D eigenvalue weighted by molar-refractivity contribution is 8.18. The summed E-state index contributed by atoms with van der Waals surface area (Å²) in [6.07, 6.45) is 4.03. The molecule has 1 aliphatic rings. The SMILES string of the molecule is CCCCOc1ccc(C=C2SC(=Nc3ccccc3)NC2=O)cc1. The molecule has 3 rings (SSSR count). The van der Waals surface area contributed by atoms with Gasteiger partial charge in [0.25, 0.3) is 5.91 Å². The molecule has 2 aromatic rings. The summed E-state index contributed by atoms with van der Waals surface area (Å²) in [5, 5.41) is 3.40. The fourth-order valence-electron chi connectivity index (χ4n) is 2.25. The molecule has 0 aliphatic carbocycles. The Morgan fingerprint density at radius 1 is 1.12 bits per heavy atom. The number of hydrogen-bond donors (Lipinski definition) is 1. The van der Waals surface area contributed by atoms with E-state index in [1.54, 1.807) is 0 Å².